The number of guanidine groups is 1. The predicted molar refractivity (Wildman–Crippen MR) is 259 cm³/mol. The van der Waals surface area contributed by atoms with Gasteiger partial charge in [0.05, 0.1) is 5.92 Å². The van der Waals surface area contributed by atoms with E-state index in [1.165, 1.54) is 4.90 Å². The first kappa shape index (κ1) is 50.3. The number of piperazine rings is 1. The van der Waals surface area contributed by atoms with Crippen molar-refractivity contribution in [1.29, 1.82) is 0 Å². The summed E-state index contributed by atoms with van der Waals surface area (Å²) < 4.78 is 21.7. The molecule has 0 saturated carbocycles. The largest absolute Gasteiger partial charge is 0.459 e. The van der Waals surface area contributed by atoms with Gasteiger partial charge in [0, 0.05) is 39.1 Å². The van der Waals surface area contributed by atoms with Crippen molar-refractivity contribution >= 4 is 48.1 Å². The molecule has 2 unspecified atom stereocenters. The minimum absolute atomic E-state index is 0.0161. The highest BCUT2D eigenvalue weighted by Crippen LogP contribution is 2.33. The van der Waals surface area contributed by atoms with Crippen LogP contribution in [-0.4, -0.2) is 108 Å². The number of β-lactam (4-membered cyclic amide) rings is 1. The van der Waals surface area contributed by atoms with E-state index in [4.69, 9.17) is 18.9 Å². The number of nitrogens with one attached hydrogen (secondary N) is 3. The maximum atomic E-state index is 14.1. The van der Waals surface area contributed by atoms with Crippen molar-refractivity contribution < 1.29 is 52.5 Å². The SMILES string of the molecule is O=C(NC(=NCCC[C@H]1C(=O)N(C(=O)N2CCN(C(=O)C(Cc3ccccc3)NC(=O)OCc3ccccc3)CC2)C1C(=O)OCc1ccccc1)NC(=O)OCc1ccccc1)OCc1ccccc1. The monoisotopic (exact) mass is 965 g/mol. The molecular weight excluding hydrogens is 911 g/mol. The second kappa shape index (κ2) is 25.7. The number of ether oxygens (including phenoxy) is 4. The number of benzene rings is 5. The summed E-state index contributed by atoms with van der Waals surface area (Å²) in [4.78, 5) is 103. The molecule has 2 heterocycles. The van der Waals surface area contributed by atoms with Gasteiger partial charge in [0.2, 0.25) is 17.8 Å². The van der Waals surface area contributed by atoms with Gasteiger partial charge in [-0.3, -0.25) is 25.2 Å². The molecule has 18 nitrogen and oxygen atoms in total. The third kappa shape index (κ3) is 15.0. The molecule has 0 radical (unpaired) electrons. The van der Waals surface area contributed by atoms with Gasteiger partial charge in [0.15, 0.2) is 6.04 Å². The van der Waals surface area contributed by atoms with Crippen LogP contribution in [0.15, 0.2) is 157 Å². The first-order chi connectivity index (χ1) is 34.6. The molecule has 368 valence electrons. The zero-order valence-electron chi connectivity index (χ0n) is 38.9. The molecule has 71 heavy (non-hydrogen) atoms. The fraction of sp³-hybridized carbons (Fsp3) is 0.283. The van der Waals surface area contributed by atoms with Crippen LogP contribution >= 0.6 is 0 Å². The first-order valence-corrected chi connectivity index (χ1v) is 23.2. The Morgan fingerprint density at radius 3 is 1.41 bits per heavy atom. The number of likely N-dealkylation sites (tertiary alicyclic amines) is 1. The van der Waals surface area contributed by atoms with Gasteiger partial charge < -0.3 is 34.1 Å². The molecule has 7 amide bonds. The van der Waals surface area contributed by atoms with E-state index in [1.807, 2.05) is 78.9 Å². The minimum atomic E-state index is -1.26. The lowest BCUT2D eigenvalue weighted by molar-refractivity contribution is -0.171. The highest BCUT2D eigenvalue weighted by atomic mass is 16.6. The molecule has 2 aliphatic heterocycles. The summed E-state index contributed by atoms with van der Waals surface area (Å²) in [5, 5.41) is 7.59. The van der Waals surface area contributed by atoms with Crippen LogP contribution in [0.1, 0.15) is 40.7 Å². The van der Waals surface area contributed by atoms with E-state index >= 15 is 0 Å². The zero-order chi connectivity index (χ0) is 49.8. The van der Waals surface area contributed by atoms with Crippen molar-refractivity contribution in [1.82, 2.24) is 30.7 Å². The highest BCUT2D eigenvalue weighted by molar-refractivity contribution is 6.08. The standard InChI is InChI=1S/C53H55N7O11/c61-46-43(27-16-28-54-49(56-51(65)70-36-41-23-12-4-13-24-41)57-52(66)71-37-42-25-14-5-15-26-42)45(48(63)68-34-39-19-8-2-9-20-39)60(46)53(67)59-31-29-58(30-32-59)47(62)44(33-38-17-6-1-7-18-38)55-50(64)69-35-40-21-10-3-11-22-40/h1-15,17-26,43-45H,16,27-37H2,(H,55,64)(H2,54,56,57,65,66)/t43-,44?,45?/m1/s1. The van der Waals surface area contributed by atoms with Crippen LogP contribution in [-0.2, 0) is 66.2 Å². The molecule has 2 saturated heterocycles. The van der Waals surface area contributed by atoms with Gasteiger partial charge in [-0.25, -0.2) is 28.9 Å². The Morgan fingerprint density at radius 1 is 0.535 bits per heavy atom. The normalized spacial score (nSPS) is 15.5. The molecule has 0 aliphatic carbocycles. The Bertz CT molecular complexity index is 2540. The van der Waals surface area contributed by atoms with Crippen molar-refractivity contribution in [3.8, 4) is 0 Å². The quantitative estimate of drug-likeness (QED) is 0.0233. The minimum Gasteiger partial charge on any atom is -0.459 e. The average Bonchev–Trinajstić information content (AvgIpc) is 3.40. The van der Waals surface area contributed by atoms with E-state index in [9.17, 15) is 33.6 Å². The van der Waals surface area contributed by atoms with Crippen molar-refractivity contribution in [3.63, 3.8) is 0 Å². The summed E-state index contributed by atoms with van der Waals surface area (Å²) in [5.41, 5.74) is 3.78. The summed E-state index contributed by atoms with van der Waals surface area (Å²) >= 11 is 0. The molecule has 2 aliphatic rings. The topological polar surface area (TPSA) is 215 Å². The molecule has 18 heteroatoms. The fourth-order valence-electron chi connectivity index (χ4n) is 7.90. The van der Waals surface area contributed by atoms with Gasteiger partial charge in [-0.2, -0.15) is 0 Å². The van der Waals surface area contributed by atoms with E-state index in [0.29, 0.717) is 5.56 Å². The summed E-state index contributed by atoms with van der Waals surface area (Å²) in [7, 11) is 0. The molecule has 5 aromatic rings. The fourth-order valence-corrected chi connectivity index (χ4v) is 7.90. The van der Waals surface area contributed by atoms with Crippen molar-refractivity contribution in [2.75, 3.05) is 32.7 Å². The number of hydrogen-bond donors (Lipinski definition) is 3. The summed E-state index contributed by atoms with van der Waals surface area (Å²) in [6, 6.07) is 42.4. The lowest BCUT2D eigenvalue weighted by atomic mass is 9.83. The summed E-state index contributed by atoms with van der Waals surface area (Å²) in [6.07, 6.45) is -2.08. The lowest BCUT2D eigenvalue weighted by Gasteiger charge is -2.47. The van der Waals surface area contributed by atoms with Crippen LogP contribution in [0.5, 0.6) is 0 Å². The van der Waals surface area contributed by atoms with Crippen LogP contribution in [0.3, 0.4) is 0 Å². The molecule has 0 aromatic heterocycles. The van der Waals surface area contributed by atoms with Crippen LogP contribution < -0.4 is 16.0 Å². The van der Waals surface area contributed by atoms with E-state index in [-0.39, 0.29) is 90.3 Å². The van der Waals surface area contributed by atoms with E-state index < -0.39 is 54.2 Å². The molecular formula is C53H55N7O11. The van der Waals surface area contributed by atoms with Gasteiger partial charge in [-0.05, 0) is 40.7 Å². The van der Waals surface area contributed by atoms with Gasteiger partial charge in [-0.1, -0.05) is 152 Å². The number of hydrogen-bond acceptors (Lipinski definition) is 12. The maximum Gasteiger partial charge on any atom is 0.414 e. The van der Waals surface area contributed by atoms with Crippen LogP contribution in [0.25, 0.3) is 0 Å². The number of esters is 1. The van der Waals surface area contributed by atoms with Crippen LogP contribution in [0.4, 0.5) is 19.2 Å². The Hall–Kier alpha value is -8.54. The smallest absolute Gasteiger partial charge is 0.414 e. The van der Waals surface area contributed by atoms with Crippen LogP contribution in [0.2, 0.25) is 0 Å². The first-order valence-electron chi connectivity index (χ1n) is 23.2. The Kier molecular flexibility index (Phi) is 18.2. The third-order valence-electron chi connectivity index (χ3n) is 11.6. The van der Waals surface area contributed by atoms with Crippen molar-refractivity contribution in [2.45, 2.75) is 57.8 Å². The number of amides is 7. The number of urea groups is 1. The number of rotatable bonds is 17. The van der Waals surface area contributed by atoms with E-state index in [2.05, 4.69) is 20.9 Å². The Balaban J connectivity index is 0.976. The molecule has 2 fully saturated rings. The average molecular weight is 966 g/mol. The maximum absolute atomic E-state index is 14.1. The van der Waals surface area contributed by atoms with E-state index in [1.54, 1.807) is 77.7 Å². The van der Waals surface area contributed by atoms with Gasteiger partial charge >= 0.3 is 30.3 Å². The lowest BCUT2D eigenvalue weighted by Crippen LogP contribution is -2.70. The molecule has 3 atom stereocenters. The second-order valence-corrected chi connectivity index (χ2v) is 16.6. The Morgan fingerprint density at radius 2 is 0.944 bits per heavy atom. The van der Waals surface area contributed by atoms with Crippen molar-refractivity contribution in [3.05, 3.63) is 179 Å². The van der Waals surface area contributed by atoms with Gasteiger partial charge in [0.1, 0.15) is 32.5 Å². The molecule has 0 bridgehead atoms. The predicted octanol–water partition coefficient (Wildman–Crippen LogP) is 6.35. The summed E-state index contributed by atoms with van der Waals surface area (Å²) in [5.74, 6) is -2.96. The number of imide groups is 1. The van der Waals surface area contributed by atoms with E-state index in [0.717, 1.165) is 27.2 Å². The second-order valence-electron chi connectivity index (χ2n) is 16.6. The summed E-state index contributed by atoms with van der Waals surface area (Å²) in [6.45, 7) is 0.0613. The number of alkyl carbamates (subject to hydrolysis) is 3. The number of aliphatic imine (C=N–C) groups is 1. The number of nitrogens with zero attached hydrogens (tertiary/aromatic N) is 4. The van der Waals surface area contributed by atoms with Crippen LogP contribution in [0, 0.1) is 5.92 Å². The molecule has 3 N–H and O–H groups in total. The number of carbonyl (C=O) groups excluding carboxylic acids is 7. The van der Waals surface area contributed by atoms with Crippen molar-refractivity contribution in [2.24, 2.45) is 10.9 Å². The molecule has 5 aromatic carbocycles. The van der Waals surface area contributed by atoms with Gasteiger partial charge in [0.25, 0.3) is 0 Å². The Labute approximate surface area is 410 Å². The van der Waals surface area contributed by atoms with Gasteiger partial charge in [-0.15, -0.1) is 0 Å². The third-order valence-corrected chi connectivity index (χ3v) is 11.6. The molecule has 7 rings (SSSR count). The highest BCUT2D eigenvalue weighted by Gasteiger charge is 2.56. The number of carbonyl (C=O) groups is 7. The molecule has 0 spiro atoms. The zero-order valence-corrected chi connectivity index (χ0v) is 38.9.